The first-order valence-electron chi connectivity index (χ1n) is 6.90. The summed E-state index contributed by atoms with van der Waals surface area (Å²) >= 11 is 6.63. The highest BCUT2D eigenvalue weighted by molar-refractivity contribution is 9.09. The van der Waals surface area contributed by atoms with Crippen LogP contribution in [0.4, 0.5) is 0 Å². The molecule has 0 aliphatic rings. The minimum Gasteiger partial charge on any atom is -0.461 e. The van der Waals surface area contributed by atoms with Gasteiger partial charge >= 0.3 is 11.9 Å². The van der Waals surface area contributed by atoms with Crippen LogP contribution in [0.25, 0.3) is 0 Å². The van der Waals surface area contributed by atoms with E-state index in [1.54, 1.807) is 13.8 Å². The maximum absolute atomic E-state index is 11.6. The van der Waals surface area contributed by atoms with E-state index in [0.29, 0.717) is 12.8 Å². The van der Waals surface area contributed by atoms with E-state index in [2.05, 4.69) is 31.9 Å². The van der Waals surface area contributed by atoms with Crippen LogP contribution in [0.1, 0.15) is 52.4 Å². The summed E-state index contributed by atoms with van der Waals surface area (Å²) in [5, 5.41) is 1.77. The molecule has 4 nitrogen and oxygen atoms in total. The summed E-state index contributed by atoms with van der Waals surface area (Å²) < 4.78 is 10.5. The molecule has 0 spiro atoms. The van der Waals surface area contributed by atoms with Crippen LogP contribution in [-0.4, -0.2) is 34.8 Å². The Labute approximate surface area is 138 Å². The SMILES string of the molecule is CC(C)(COC(=O)CCCCBr)OC(=O)CCCCBr. The lowest BCUT2D eigenvalue weighted by molar-refractivity contribution is -0.168. The van der Waals surface area contributed by atoms with Crippen molar-refractivity contribution in [2.24, 2.45) is 0 Å². The maximum atomic E-state index is 11.6. The third-order valence-corrected chi connectivity index (χ3v) is 3.62. The quantitative estimate of drug-likeness (QED) is 0.291. The minimum atomic E-state index is -0.767. The number of esters is 2. The molecule has 0 fully saturated rings. The summed E-state index contributed by atoms with van der Waals surface area (Å²) in [5.74, 6) is -0.486. The van der Waals surface area contributed by atoms with E-state index >= 15 is 0 Å². The van der Waals surface area contributed by atoms with Gasteiger partial charge in [0.25, 0.3) is 0 Å². The normalized spacial score (nSPS) is 11.2. The van der Waals surface area contributed by atoms with Gasteiger partial charge in [-0.3, -0.25) is 9.59 Å². The largest absolute Gasteiger partial charge is 0.461 e. The molecule has 0 saturated carbocycles. The summed E-state index contributed by atoms with van der Waals surface area (Å²) in [5.41, 5.74) is -0.767. The molecule has 0 bridgehead atoms. The summed E-state index contributed by atoms with van der Waals surface area (Å²) in [6.45, 7) is 3.60. The van der Waals surface area contributed by atoms with Gasteiger partial charge in [0.1, 0.15) is 12.2 Å². The molecular formula is C14H24Br2O4. The number of hydrogen-bond donors (Lipinski definition) is 0. The first-order chi connectivity index (χ1) is 9.41. The third kappa shape index (κ3) is 11.7. The van der Waals surface area contributed by atoms with Crippen molar-refractivity contribution in [1.82, 2.24) is 0 Å². The molecule has 0 atom stereocenters. The fourth-order valence-electron chi connectivity index (χ4n) is 1.44. The summed E-state index contributed by atoms with van der Waals surface area (Å²) in [6.07, 6.45) is 4.29. The van der Waals surface area contributed by atoms with Crippen molar-refractivity contribution in [3.8, 4) is 0 Å². The molecule has 118 valence electrons. The van der Waals surface area contributed by atoms with Crippen molar-refractivity contribution in [2.45, 2.75) is 58.0 Å². The van der Waals surface area contributed by atoms with E-state index in [1.807, 2.05) is 0 Å². The molecule has 0 aromatic carbocycles. The molecule has 0 amide bonds. The number of alkyl halides is 2. The lowest BCUT2D eigenvalue weighted by Gasteiger charge is -2.24. The predicted molar refractivity (Wildman–Crippen MR) is 86.4 cm³/mol. The van der Waals surface area contributed by atoms with Gasteiger partial charge in [-0.15, -0.1) is 0 Å². The molecule has 0 aromatic rings. The predicted octanol–water partition coefficient (Wildman–Crippen LogP) is 3.98. The average Bonchev–Trinajstić information content (AvgIpc) is 2.36. The molecule has 0 saturated heterocycles. The number of halogens is 2. The second-order valence-corrected chi connectivity index (χ2v) is 6.77. The van der Waals surface area contributed by atoms with Crippen LogP contribution in [0.2, 0.25) is 0 Å². The van der Waals surface area contributed by atoms with E-state index < -0.39 is 5.60 Å². The highest BCUT2D eigenvalue weighted by Crippen LogP contribution is 2.13. The number of ether oxygens (including phenoxy) is 2. The zero-order valence-corrected chi connectivity index (χ0v) is 15.4. The van der Waals surface area contributed by atoms with Crippen molar-refractivity contribution in [3.63, 3.8) is 0 Å². The molecule has 0 heterocycles. The number of carbonyl (C=O) groups is 2. The van der Waals surface area contributed by atoms with E-state index in [-0.39, 0.29) is 18.5 Å². The van der Waals surface area contributed by atoms with Gasteiger partial charge in [-0.1, -0.05) is 31.9 Å². The monoisotopic (exact) mass is 414 g/mol. The summed E-state index contributed by atoms with van der Waals surface area (Å²) in [7, 11) is 0. The van der Waals surface area contributed by atoms with Gasteiger partial charge in [-0.2, -0.15) is 0 Å². The van der Waals surface area contributed by atoms with Gasteiger partial charge in [0.2, 0.25) is 0 Å². The van der Waals surface area contributed by atoms with Crippen LogP contribution in [0, 0.1) is 0 Å². The van der Waals surface area contributed by atoms with Crippen LogP contribution in [-0.2, 0) is 19.1 Å². The Morgan fingerprint density at radius 2 is 1.40 bits per heavy atom. The lowest BCUT2D eigenvalue weighted by Crippen LogP contribution is -2.34. The van der Waals surface area contributed by atoms with Crippen molar-refractivity contribution >= 4 is 43.8 Å². The number of unbranched alkanes of at least 4 members (excludes halogenated alkanes) is 2. The highest BCUT2D eigenvalue weighted by atomic mass is 79.9. The van der Waals surface area contributed by atoms with E-state index in [1.165, 1.54) is 0 Å². The van der Waals surface area contributed by atoms with Gasteiger partial charge in [0.15, 0.2) is 0 Å². The Bertz CT molecular complexity index is 293. The lowest BCUT2D eigenvalue weighted by atomic mass is 10.1. The van der Waals surface area contributed by atoms with Crippen LogP contribution in [0.15, 0.2) is 0 Å². The number of rotatable bonds is 11. The number of carbonyl (C=O) groups excluding carboxylic acids is 2. The van der Waals surface area contributed by atoms with Crippen molar-refractivity contribution in [3.05, 3.63) is 0 Å². The Balaban J connectivity index is 3.87. The molecule has 0 radical (unpaired) electrons. The topological polar surface area (TPSA) is 52.6 Å². The second-order valence-electron chi connectivity index (χ2n) is 5.19. The van der Waals surface area contributed by atoms with Gasteiger partial charge in [0, 0.05) is 23.5 Å². The zero-order valence-electron chi connectivity index (χ0n) is 12.3. The Morgan fingerprint density at radius 3 is 1.90 bits per heavy atom. The van der Waals surface area contributed by atoms with Crippen LogP contribution < -0.4 is 0 Å². The standard InChI is InChI=1S/C14H24Br2O4/c1-14(2,20-13(18)8-4-6-10-16)11-19-12(17)7-3-5-9-15/h3-11H2,1-2H3. The van der Waals surface area contributed by atoms with Crippen molar-refractivity contribution in [2.75, 3.05) is 17.3 Å². The Hall–Kier alpha value is -0.100. The van der Waals surface area contributed by atoms with E-state index in [4.69, 9.17) is 9.47 Å². The summed E-state index contributed by atoms with van der Waals surface area (Å²) in [4.78, 5) is 23.1. The fraction of sp³-hybridized carbons (Fsp3) is 0.857. The minimum absolute atomic E-state index is 0.102. The van der Waals surface area contributed by atoms with Crippen LogP contribution >= 0.6 is 31.9 Å². The zero-order chi connectivity index (χ0) is 15.4. The molecule has 0 aromatic heterocycles. The van der Waals surface area contributed by atoms with Gasteiger partial charge in [-0.25, -0.2) is 0 Å². The van der Waals surface area contributed by atoms with Crippen molar-refractivity contribution < 1.29 is 19.1 Å². The smallest absolute Gasteiger partial charge is 0.306 e. The average molecular weight is 416 g/mol. The maximum Gasteiger partial charge on any atom is 0.306 e. The van der Waals surface area contributed by atoms with Crippen LogP contribution in [0.5, 0.6) is 0 Å². The fourth-order valence-corrected chi connectivity index (χ4v) is 2.24. The molecule has 0 aliphatic heterocycles. The van der Waals surface area contributed by atoms with Crippen molar-refractivity contribution in [1.29, 1.82) is 0 Å². The molecule has 20 heavy (non-hydrogen) atoms. The van der Waals surface area contributed by atoms with E-state index in [0.717, 1.165) is 36.3 Å². The van der Waals surface area contributed by atoms with E-state index in [9.17, 15) is 9.59 Å². The molecule has 0 aliphatic carbocycles. The molecular weight excluding hydrogens is 392 g/mol. The Kier molecular flexibility index (Phi) is 11.5. The second kappa shape index (κ2) is 11.5. The van der Waals surface area contributed by atoms with Gasteiger partial charge in [-0.05, 0) is 39.5 Å². The first-order valence-corrected chi connectivity index (χ1v) is 9.15. The molecule has 0 unspecified atom stereocenters. The molecule has 6 heteroatoms. The van der Waals surface area contributed by atoms with Gasteiger partial charge < -0.3 is 9.47 Å². The Morgan fingerprint density at radius 1 is 0.900 bits per heavy atom. The first kappa shape index (κ1) is 19.9. The van der Waals surface area contributed by atoms with Crippen LogP contribution in [0.3, 0.4) is 0 Å². The highest BCUT2D eigenvalue weighted by Gasteiger charge is 2.24. The third-order valence-electron chi connectivity index (χ3n) is 2.50. The van der Waals surface area contributed by atoms with Gasteiger partial charge in [0.05, 0.1) is 0 Å². The number of hydrogen-bond acceptors (Lipinski definition) is 4. The molecule has 0 rings (SSSR count). The summed E-state index contributed by atoms with van der Waals surface area (Å²) in [6, 6.07) is 0. The molecule has 0 N–H and O–H groups in total.